The molecule has 0 spiro atoms. The summed E-state index contributed by atoms with van der Waals surface area (Å²) in [5.41, 5.74) is 13.5. The maximum atomic E-state index is 6.35. The van der Waals surface area contributed by atoms with E-state index >= 15 is 0 Å². The number of nitrogens with zero attached hydrogens (tertiary/aromatic N) is 1. The van der Waals surface area contributed by atoms with Gasteiger partial charge in [0.05, 0.1) is 0 Å². The quantitative estimate of drug-likeness (QED) is 0.206. The summed E-state index contributed by atoms with van der Waals surface area (Å²) < 4.78 is 6.35. The van der Waals surface area contributed by atoms with Gasteiger partial charge in [0.15, 0.2) is 0 Å². The number of anilines is 3. The summed E-state index contributed by atoms with van der Waals surface area (Å²) in [5.74, 6) is 1.82. The fourth-order valence-corrected chi connectivity index (χ4v) is 7.49. The number of fused-ring (bicyclic) bond motifs is 5. The molecule has 0 saturated carbocycles. The van der Waals surface area contributed by atoms with Crippen LogP contribution in [0.2, 0.25) is 0 Å². The summed E-state index contributed by atoms with van der Waals surface area (Å²) in [4.78, 5) is 2.36. The minimum Gasteiger partial charge on any atom is -0.456 e. The second-order valence-corrected chi connectivity index (χ2v) is 12.6. The molecule has 0 N–H and O–H groups in total. The van der Waals surface area contributed by atoms with Gasteiger partial charge in [-0.15, -0.1) is 0 Å². The minimum atomic E-state index is -0.0184. The minimum absolute atomic E-state index is 0.0184. The van der Waals surface area contributed by atoms with Crippen molar-refractivity contribution in [2.75, 3.05) is 4.90 Å². The molecule has 1 aliphatic heterocycles. The average molecular weight is 578 g/mol. The molecular weight excluding hydrogens is 546 g/mol. The Balaban J connectivity index is 1.15. The Bertz CT molecular complexity index is 2260. The Morgan fingerprint density at radius 3 is 1.93 bits per heavy atom. The van der Waals surface area contributed by atoms with E-state index in [0.717, 1.165) is 34.1 Å². The second-order valence-electron chi connectivity index (χ2n) is 12.6. The van der Waals surface area contributed by atoms with Crippen LogP contribution < -0.4 is 9.64 Å². The van der Waals surface area contributed by atoms with Gasteiger partial charge in [-0.3, -0.25) is 0 Å². The van der Waals surface area contributed by atoms with Gasteiger partial charge in [0.25, 0.3) is 0 Å². The van der Waals surface area contributed by atoms with Gasteiger partial charge in [-0.05, 0) is 92.9 Å². The molecule has 9 rings (SSSR count). The lowest BCUT2D eigenvalue weighted by Crippen LogP contribution is -2.15. The molecule has 2 nitrogen and oxygen atoms in total. The van der Waals surface area contributed by atoms with Crippen LogP contribution in [0.25, 0.3) is 44.2 Å². The summed E-state index contributed by atoms with van der Waals surface area (Å²) >= 11 is 0. The third-order valence-corrected chi connectivity index (χ3v) is 9.68. The maximum absolute atomic E-state index is 6.35. The first-order valence-electron chi connectivity index (χ1n) is 15.6. The van der Waals surface area contributed by atoms with Crippen molar-refractivity contribution in [3.8, 4) is 44.9 Å². The van der Waals surface area contributed by atoms with E-state index in [0.29, 0.717) is 0 Å². The number of para-hydroxylation sites is 2. The predicted molar refractivity (Wildman–Crippen MR) is 187 cm³/mol. The van der Waals surface area contributed by atoms with Crippen LogP contribution in [0.1, 0.15) is 25.0 Å². The zero-order valence-electron chi connectivity index (χ0n) is 25.3. The van der Waals surface area contributed by atoms with Crippen LogP contribution in [0.5, 0.6) is 11.5 Å². The molecule has 45 heavy (non-hydrogen) atoms. The van der Waals surface area contributed by atoms with Crippen LogP contribution in [0.4, 0.5) is 17.1 Å². The smallest absolute Gasteiger partial charge is 0.135 e. The van der Waals surface area contributed by atoms with Crippen molar-refractivity contribution in [1.82, 2.24) is 0 Å². The average Bonchev–Trinajstić information content (AvgIpc) is 3.32. The molecule has 0 aromatic heterocycles. The van der Waals surface area contributed by atoms with Crippen molar-refractivity contribution in [2.45, 2.75) is 19.3 Å². The summed E-state index contributed by atoms with van der Waals surface area (Å²) in [7, 11) is 0. The summed E-state index contributed by atoms with van der Waals surface area (Å²) in [6.07, 6.45) is 0. The van der Waals surface area contributed by atoms with Crippen molar-refractivity contribution >= 4 is 27.8 Å². The van der Waals surface area contributed by atoms with E-state index < -0.39 is 0 Å². The SMILES string of the molecule is CC1(C)c2ccccc2-c2cc(N(c3ccccc3)c3ccc(-c4ccc5c6c(cccc46)Oc4ccccc4-5)cc3)ccc21. The van der Waals surface area contributed by atoms with E-state index in [2.05, 4.69) is 158 Å². The van der Waals surface area contributed by atoms with E-state index in [1.54, 1.807) is 0 Å². The highest BCUT2D eigenvalue weighted by molar-refractivity contribution is 6.10. The molecule has 1 heterocycles. The molecule has 0 atom stereocenters. The van der Waals surface area contributed by atoms with Crippen molar-refractivity contribution in [3.05, 3.63) is 163 Å². The monoisotopic (exact) mass is 577 g/mol. The number of hydrogen-bond acceptors (Lipinski definition) is 2. The highest BCUT2D eigenvalue weighted by Crippen LogP contribution is 2.51. The molecule has 7 aromatic rings. The molecule has 0 radical (unpaired) electrons. The van der Waals surface area contributed by atoms with E-state index in [-0.39, 0.29) is 5.41 Å². The van der Waals surface area contributed by atoms with Crippen LogP contribution in [-0.4, -0.2) is 0 Å². The summed E-state index contributed by atoms with van der Waals surface area (Å²) in [6, 6.07) is 54.6. The van der Waals surface area contributed by atoms with Gasteiger partial charge in [0, 0.05) is 33.4 Å². The number of rotatable bonds is 4. The van der Waals surface area contributed by atoms with Crippen LogP contribution in [0.3, 0.4) is 0 Å². The van der Waals surface area contributed by atoms with Gasteiger partial charge in [0.1, 0.15) is 11.5 Å². The Kier molecular flexibility index (Phi) is 5.58. The van der Waals surface area contributed by atoms with Crippen LogP contribution in [-0.2, 0) is 5.41 Å². The first-order chi connectivity index (χ1) is 22.1. The molecule has 214 valence electrons. The number of hydrogen-bond donors (Lipinski definition) is 0. The van der Waals surface area contributed by atoms with Gasteiger partial charge < -0.3 is 9.64 Å². The Labute approximate surface area is 263 Å². The third-order valence-electron chi connectivity index (χ3n) is 9.68. The lowest BCUT2D eigenvalue weighted by atomic mass is 9.82. The second kappa shape index (κ2) is 9.70. The van der Waals surface area contributed by atoms with Crippen molar-refractivity contribution in [3.63, 3.8) is 0 Å². The normalized spacial score (nSPS) is 13.5. The van der Waals surface area contributed by atoms with Crippen LogP contribution >= 0.6 is 0 Å². The highest BCUT2D eigenvalue weighted by atomic mass is 16.5. The van der Waals surface area contributed by atoms with E-state index in [1.807, 2.05) is 12.1 Å². The lowest BCUT2D eigenvalue weighted by Gasteiger charge is -2.27. The van der Waals surface area contributed by atoms with Gasteiger partial charge in [-0.2, -0.15) is 0 Å². The molecular formula is C43H31NO. The molecule has 0 amide bonds. The van der Waals surface area contributed by atoms with Crippen LogP contribution in [0.15, 0.2) is 152 Å². The fourth-order valence-electron chi connectivity index (χ4n) is 7.49. The molecule has 7 aromatic carbocycles. The first kappa shape index (κ1) is 25.9. The van der Waals surface area contributed by atoms with Gasteiger partial charge in [-0.25, -0.2) is 0 Å². The molecule has 2 heteroatoms. The standard InChI is InChI=1S/C43H31NO/c1-43(2)38-16-8-6-13-33(38)37-27-31(23-26-39(37)43)44(29-11-4-3-5-12-29)30-21-19-28(20-22-30)32-24-25-36-34-14-7-9-17-40(34)45-41-18-10-15-35(32)42(36)41/h3-27H,1-2H3. The first-order valence-corrected chi connectivity index (χ1v) is 15.6. The largest absolute Gasteiger partial charge is 0.456 e. The maximum Gasteiger partial charge on any atom is 0.135 e. The Morgan fingerprint density at radius 2 is 1.09 bits per heavy atom. The lowest BCUT2D eigenvalue weighted by molar-refractivity contribution is 0.487. The van der Waals surface area contributed by atoms with E-state index in [1.165, 1.54) is 49.7 Å². The van der Waals surface area contributed by atoms with Crippen LogP contribution in [0, 0.1) is 0 Å². The molecule has 2 aliphatic rings. The molecule has 0 fully saturated rings. The predicted octanol–water partition coefficient (Wildman–Crippen LogP) is 12.1. The zero-order valence-corrected chi connectivity index (χ0v) is 25.3. The molecule has 0 bridgehead atoms. The van der Waals surface area contributed by atoms with E-state index in [9.17, 15) is 0 Å². The summed E-state index contributed by atoms with van der Waals surface area (Å²) in [6.45, 7) is 4.66. The zero-order chi connectivity index (χ0) is 30.1. The van der Waals surface area contributed by atoms with Crippen molar-refractivity contribution in [2.24, 2.45) is 0 Å². The van der Waals surface area contributed by atoms with Crippen molar-refractivity contribution < 1.29 is 4.74 Å². The van der Waals surface area contributed by atoms with Crippen molar-refractivity contribution in [1.29, 1.82) is 0 Å². The van der Waals surface area contributed by atoms with Gasteiger partial charge in [0.2, 0.25) is 0 Å². The number of ether oxygens (including phenoxy) is 1. The molecule has 0 saturated heterocycles. The molecule has 1 aliphatic carbocycles. The molecule has 0 unspecified atom stereocenters. The number of benzene rings is 7. The van der Waals surface area contributed by atoms with Gasteiger partial charge >= 0.3 is 0 Å². The van der Waals surface area contributed by atoms with Gasteiger partial charge in [-0.1, -0.05) is 117 Å². The highest BCUT2D eigenvalue weighted by Gasteiger charge is 2.35. The Hall–Kier alpha value is -5.60. The topological polar surface area (TPSA) is 12.5 Å². The third kappa shape index (κ3) is 3.89. The van der Waals surface area contributed by atoms with E-state index in [4.69, 9.17) is 4.74 Å². The summed E-state index contributed by atoms with van der Waals surface area (Å²) in [5, 5.41) is 2.37. The Morgan fingerprint density at radius 1 is 0.444 bits per heavy atom. The fraction of sp³-hybridized carbons (Fsp3) is 0.0698.